The van der Waals surface area contributed by atoms with Gasteiger partial charge in [0, 0.05) is 35.0 Å². The van der Waals surface area contributed by atoms with Crippen molar-refractivity contribution in [1.29, 1.82) is 0 Å². The fraction of sp³-hybridized carbons (Fsp3) is 0.450. The summed E-state index contributed by atoms with van der Waals surface area (Å²) in [7, 11) is 0. The number of aryl methyl sites for hydroxylation is 1. The van der Waals surface area contributed by atoms with E-state index in [-0.39, 0.29) is 11.9 Å². The Labute approximate surface area is 182 Å². The van der Waals surface area contributed by atoms with Crippen LogP contribution in [0.25, 0.3) is 0 Å². The minimum atomic E-state index is 0.129. The van der Waals surface area contributed by atoms with E-state index in [0.29, 0.717) is 5.75 Å². The quantitative estimate of drug-likeness (QED) is 0.380. The van der Waals surface area contributed by atoms with E-state index in [0.717, 1.165) is 59.0 Å². The highest BCUT2D eigenvalue weighted by Gasteiger charge is 2.18. The maximum atomic E-state index is 12.8. The van der Waals surface area contributed by atoms with Crippen LogP contribution in [0.4, 0.5) is 5.13 Å². The Morgan fingerprint density at radius 1 is 1.41 bits per heavy atom. The molecule has 154 valence electrons. The number of nitrogens with zero attached hydrogens (tertiary/aromatic N) is 3. The van der Waals surface area contributed by atoms with Gasteiger partial charge in [-0.1, -0.05) is 29.2 Å². The van der Waals surface area contributed by atoms with Gasteiger partial charge in [0.05, 0.1) is 18.4 Å². The van der Waals surface area contributed by atoms with E-state index in [2.05, 4.69) is 44.5 Å². The van der Waals surface area contributed by atoms with Crippen molar-refractivity contribution < 1.29 is 9.53 Å². The number of rotatable bonds is 9. The smallest absolute Gasteiger partial charge is 0.206 e. The Morgan fingerprint density at radius 2 is 2.31 bits per heavy atom. The number of thiophene rings is 1. The van der Waals surface area contributed by atoms with Crippen LogP contribution >= 0.6 is 34.4 Å². The van der Waals surface area contributed by atoms with Gasteiger partial charge >= 0.3 is 0 Å². The lowest BCUT2D eigenvalue weighted by molar-refractivity contribution is 0.102. The van der Waals surface area contributed by atoms with Crippen molar-refractivity contribution in [3.8, 4) is 0 Å². The van der Waals surface area contributed by atoms with E-state index in [4.69, 9.17) is 4.74 Å². The Hall–Kier alpha value is -1.68. The molecule has 1 atom stereocenters. The maximum Gasteiger partial charge on any atom is 0.206 e. The van der Waals surface area contributed by atoms with Gasteiger partial charge in [-0.3, -0.25) is 4.79 Å². The van der Waals surface area contributed by atoms with Gasteiger partial charge in [-0.2, -0.15) is 0 Å². The predicted octanol–water partition coefficient (Wildman–Crippen LogP) is 4.63. The van der Waals surface area contributed by atoms with E-state index in [1.54, 1.807) is 11.3 Å². The van der Waals surface area contributed by atoms with Crippen LogP contribution in [0.5, 0.6) is 0 Å². The van der Waals surface area contributed by atoms with Crippen LogP contribution in [0.3, 0.4) is 0 Å². The van der Waals surface area contributed by atoms with Gasteiger partial charge in [-0.25, -0.2) is 0 Å². The van der Waals surface area contributed by atoms with Gasteiger partial charge in [-0.15, -0.1) is 21.5 Å². The summed E-state index contributed by atoms with van der Waals surface area (Å²) in [4.78, 5) is 14.1. The van der Waals surface area contributed by atoms with Crippen LogP contribution in [0.15, 0.2) is 27.9 Å². The molecule has 9 heteroatoms. The zero-order chi connectivity index (χ0) is 20.2. The zero-order valence-electron chi connectivity index (χ0n) is 16.5. The van der Waals surface area contributed by atoms with E-state index in [1.165, 1.54) is 28.0 Å². The molecule has 0 aliphatic carbocycles. The lowest BCUT2D eigenvalue weighted by Crippen LogP contribution is -2.18. The molecule has 1 fully saturated rings. The van der Waals surface area contributed by atoms with Crippen molar-refractivity contribution in [3.05, 3.63) is 45.4 Å². The average Bonchev–Trinajstić information content (AvgIpc) is 3.50. The van der Waals surface area contributed by atoms with Gasteiger partial charge in [0.25, 0.3) is 0 Å². The second-order valence-corrected chi connectivity index (χ2v) is 10.3. The first-order valence-corrected chi connectivity index (χ1v) is 12.3. The summed E-state index contributed by atoms with van der Waals surface area (Å²) in [5.41, 5.74) is 2.94. The summed E-state index contributed by atoms with van der Waals surface area (Å²) >= 11 is 4.67. The van der Waals surface area contributed by atoms with Gasteiger partial charge in [0.15, 0.2) is 10.1 Å². The van der Waals surface area contributed by atoms with Crippen LogP contribution in [-0.4, -0.2) is 45.6 Å². The van der Waals surface area contributed by atoms with Crippen molar-refractivity contribution in [2.24, 2.45) is 0 Å². The molecule has 1 N–H and O–H groups in total. The molecule has 0 spiro atoms. The number of hydrogen-bond donors (Lipinski definition) is 1. The van der Waals surface area contributed by atoms with Gasteiger partial charge in [0.1, 0.15) is 0 Å². The molecule has 3 aromatic rings. The lowest BCUT2D eigenvalue weighted by Gasteiger charge is -2.08. The molecule has 1 aliphatic heterocycles. The number of Topliss-reactive ketones (excluding diaryl/α,β-unsaturated/α-hetero) is 1. The normalized spacial score (nSPS) is 16.4. The molecule has 3 aromatic heterocycles. The topological polar surface area (TPSA) is 69.0 Å². The largest absolute Gasteiger partial charge is 0.376 e. The summed E-state index contributed by atoms with van der Waals surface area (Å²) in [5, 5.41) is 14.5. The predicted molar refractivity (Wildman–Crippen MR) is 120 cm³/mol. The third kappa shape index (κ3) is 5.09. The van der Waals surface area contributed by atoms with Crippen LogP contribution in [0.2, 0.25) is 0 Å². The molecule has 4 rings (SSSR count). The number of carbonyl (C=O) groups excluding carboxylic acids is 1. The molecule has 0 aromatic carbocycles. The molecule has 29 heavy (non-hydrogen) atoms. The number of hydrogen-bond acceptors (Lipinski definition) is 8. The number of ether oxygens (including phenoxy) is 1. The lowest BCUT2D eigenvalue weighted by atomic mass is 10.2. The first kappa shape index (κ1) is 20.6. The third-order valence-electron chi connectivity index (χ3n) is 5.01. The molecular formula is C20H24N4O2S3. The Bertz CT molecular complexity index is 959. The third-order valence-corrected chi connectivity index (χ3v) is 7.88. The van der Waals surface area contributed by atoms with Crippen molar-refractivity contribution >= 4 is 45.4 Å². The standard InChI is InChI=1S/C20H24N4O2S3/c1-13-9-17(14(2)24(13)11-16-6-4-8-27-16)18(25)12-28-20-23-22-19(29-20)21-10-15-5-3-7-26-15/h4,6,8-9,15H,3,5,7,10-12H2,1-2H3,(H,21,22)/t15-/m0/s1. The maximum absolute atomic E-state index is 12.8. The van der Waals surface area contributed by atoms with Crippen molar-refractivity contribution in [1.82, 2.24) is 14.8 Å². The molecule has 4 heterocycles. The van der Waals surface area contributed by atoms with Crippen LogP contribution < -0.4 is 5.32 Å². The number of carbonyl (C=O) groups is 1. The van der Waals surface area contributed by atoms with Crippen LogP contribution in [0, 0.1) is 13.8 Å². The van der Waals surface area contributed by atoms with Crippen LogP contribution in [-0.2, 0) is 11.3 Å². The molecular weight excluding hydrogens is 424 g/mol. The summed E-state index contributed by atoms with van der Waals surface area (Å²) in [5.74, 6) is 0.494. The second-order valence-electron chi connectivity index (χ2n) is 7.05. The summed E-state index contributed by atoms with van der Waals surface area (Å²) in [6.45, 7) is 6.50. The number of nitrogens with one attached hydrogen (secondary N) is 1. The number of anilines is 1. The molecule has 0 bridgehead atoms. The highest BCUT2D eigenvalue weighted by molar-refractivity contribution is 8.01. The van der Waals surface area contributed by atoms with E-state index >= 15 is 0 Å². The van der Waals surface area contributed by atoms with Gasteiger partial charge in [-0.05, 0) is 44.2 Å². The van der Waals surface area contributed by atoms with E-state index in [9.17, 15) is 4.79 Å². The zero-order valence-corrected chi connectivity index (χ0v) is 19.0. The Kier molecular flexibility index (Phi) is 6.69. The highest BCUT2D eigenvalue weighted by atomic mass is 32.2. The molecule has 1 saturated heterocycles. The minimum Gasteiger partial charge on any atom is -0.376 e. The van der Waals surface area contributed by atoms with Gasteiger partial charge in [0.2, 0.25) is 5.13 Å². The summed E-state index contributed by atoms with van der Waals surface area (Å²) in [6.07, 6.45) is 2.48. The average molecular weight is 449 g/mol. The molecule has 0 radical (unpaired) electrons. The van der Waals surface area contributed by atoms with Crippen LogP contribution in [0.1, 0.15) is 39.5 Å². The monoisotopic (exact) mass is 448 g/mol. The molecule has 0 unspecified atom stereocenters. The molecule has 0 saturated carbocycles. The summed E-state index contributed by atoms with van der Waals surface area (Å²) in [6, 6.07) is 6.18. The fourth-order valence-electron chi connectivity index (χ4n) is 3.44. The van der Waals surface area contributed by atoms with E-state index in [1.807, 2.05) is 13.0 Å². The SMILES string of the molecule is Cc1cc(C(=O)CSc2nnc(NC[C@@H]3CCCO3)s2)c(C)n1Cc1cccs1. The first-order chi connectivity index (χ1) is 14.1. The molecule has 6 nitrogen and oxygen atoms in total. The minimum absolute atomic E-state index is 0.129. The number of aromatic nitrogens is 3. The molecule has 0 amide bonds. The first-order valence-electron chi connectivity index (χ1n) is 9.64. The highest BCUT2D eigenvalue weighted by Crippen LogP contribution is 2.28. The van der Waals surface area contributed by atoms with Crippen molar-refractivity contribution in [2.45, 2.75) is 43.7 Å². The second kappa shape index (κ2) is 9.42. The van der Waals surface area contributed by atoms with Gasteiger partial charge < -0.3 is 14.6 Å². The summed E-state index contributed by atoms with van der Waals surface area (Å²) < 4.78 is 8.62. The van der Waals surface area contributed by atoms with E-state index < -0.39 is 0 Å². The molecule has 1 aliphatic rings. The number of ketones is 1. The van der Waals surface area contributed by atoms with Crippen molar-refractivity contribution in [3.63, 3.8) is 0 Å². The number of thioether (sulfide) groups is 1. The fourth-order valence-corrected chi connectivity index (χ4v) is 5.77. The Morgan fingerprint density at radius 3 is 3.07 bits per heavy atom. The van der Waals surface area contributed by atoms with Crippen molar-refractivity contribution in [2.75, 3.05) is 24.2 Å². The Balaban J connectivity index is 1.33.